The second kappa shape index (κ2) is 10.6. The molecule has 0 aliphatic rings. The van der Waals surface area contributed by atoms with Crippen molar-refractivity contribution in [2.24, 2.45) is 0 Å². The van der Waals surface area contributed by atoms with E-state index >= 15 is 0 Å². The third kappa shape index (κ3) is 7.12. The van der Waals surface area contributed by atoms with Crippen LogP contribution in [-0.4, -0.2) is 45.2 Å². The molecule has 0 fully saturated rings. The second-order valence-electron chi connectivity index (χ2n) is 5.26. The molecule has 0 spiro atoms. The number of para-hydroxylation sites is 1. The molecule has 7 nitrogen and oxygen atoms in total. The van der Waals surface area contributed by atoms with Crippen molar-refractivity contribution >= 4 is 11.8 Å². The van der Waals surface area contributed by atoms with E-state index in [4.69, 9.17) is 14.2 Å². The van der Waals surface area contributed by atoms with Crippen LogP contribution in [0.25, 0.3) is 0 Å². The molecule has 2 amide bonds. The number of amides is 2. The van der Waals surface area contributed by atoms with Crippen LogP contribution in [0.5, 0.6) is 17.2 Å². The maximum Gasteiger partial charge on any atom is 0.258 e. The Morgan fingerprint density at radius 2 is 1.58 bits per heavy atom. The van der Waals surface area contributed by atoms with Gasteiger partial charge in [-0.05, 0) is 24.3 Å². The zero-order valence-electron chi connectivity index (χ0n) is 14.6. The fraction of sp³-hybridized carbons (Fsp3) is 0.263. The van der Waals surface area contributed by atoms with Crippen molar-refractivity contribution in [3.8, 4) is 17.2 Å². The summed E-state index contributed by atoms with van der Waals surface area (Å²) < 4.78 is 15.9. The molecular formula is C19H22N2O5. The highest BCUT2D eigenvalue weighted by Crippen LogP contribution is 2.18. The summed E-state index contributed by atoms with van der Waals surface area (Å²) in [7, 11) is 1.58. The molecule has 0 saturated carbocycles. The molecule has 2 aromatic carbocycles. The largest absolute Gasteiger partial charge is 0.497 e. The molecule has 0 atom stereocenters. The number of carbonyl (C=O) groups is 2. The van der Waals surface area contributed by atoms with E-state index in [0.717, 1.165) is 0 Å². The SMILES string of the molecule is COc1cccc(OCCNC(=O)CNC(=O)COc2ccccc2)c1. The van der Waals surface area contributed by atoms with Gasteiger partial charge in [-0.2, -0.15) is 0 Å². The van der Waals surface area contributed by atoms with Gasteiger partial charge in [0.15, 0.2) is 6.61 Å². The van der Waals surface area contributed by atoms with Crippen LogP contribution in [0.2, 0.25) is 0 Å². The first-order valence-corrected chi connectivity index (χ1v) is 8.15. The van der Waals surface area contributed by atoms with E-state index in [1.54, 1.807) is 31.4 Å². The first-order chi connectivity index (χ1) is 12.7. The van der Waals surface area contributed by atoms with E-state index in [9.17, 15) is 9.59 Å². The monoisotopic (exact) mass is 358 g/mol. The van der Waals surface area contributed by atoms with Gasteiger partial charge in [-0.25, -0.2) is 0 Å². The third-order valence-electron chi connectivity index (χ3n) is 3.29. The molecule has 26 heavy (non-hydrogen) atoms. The van der Waals surface area contributed by atoms with E-state index in [1.165, 1.54) is 0 Å². The Balaban J connectivity index is 1.56. The van der Waals surface area contributed by atoms with Crippen molar-refractivity contribution < 1.29 is 23.8 Å². The van der Waals surface area contributed by atoms with Crippen LogP contribution in [0, 0.1) is 0 Å². The number of hydrogen-bond donors (Lipinski definition) is 2. The Morgan fingerprint density at radius 1 is 0.846 bits per heavy atom. The summed E-state index contributed by atoms with van der Waals surface area (Å²) in [6.07, 6.45) is 0. The third-order valence-corrected chi connectivity index (χ3v) is 3.29. The van der Waals surface area contributed by atoms with Crippen LogP contribution in [0.15, 0.2) is 54.6 Å². The average molecular weight is 358 g/mol. The van der Waals surface area contributed by atoms with Crippen LogP contribution in [0.1, 0.15) is 0 Å². The minimum atomic E-state index is -0.364. The van der Waals surface area contributed by atoms with Gasteiger partial charge in [0.25, 0.3) is 5.91 Å². The van der Waals surface area contributed by atoms with Crippen molar-refractivity contribution in [3.05, 3.63) is 54.6 Å². The number of nitrogens with one attached hydrogen (secondary N) is 2. The molecule has 138 valence electrons. The zero-order valence-corrected chi connectivity index (χ0v) is 14.6. The molecule has 2 rings (SSSR count). The number of methoxy groups -OCH3 is 1. The standard InChI is InChI=1S/C19H22N2O5/c1-24-16-8-5-9-17(12-16)25-11-10-20-18(22)13-21-19(23)14-26-15-6-3-2-4-7-15/h2-9,12H,10-11,13-14H2,1H3,(H,20,22)(H,21,23). The van der Waals surface area contributed by atoms with Crippen molar-refractivity contribution in [1.29, 1.82) is 0 Å². The molecule has 0 aliphatic heterocycles. The molecule has 2 aromatic rings. The maximum atomic E-state index is 11.7. The van der Waals surface area contributed by atoms with Gasteiger partial charge >= 0.3 is 0 Å². The van der Waals surface area contributed by atoms with E-state index in [0.29, 0.717) is 30.4 Å². The summed E-state index contributed by atoms with van der Waals surface area (Å²) in [6.45, 7) is 0.378. The second-order valence-corrected chi connectivity index (χ2v) is 5.26. The van der Waals surface area contributed by atoms with Gasteiger partial charge in [0.05, 0.1) is 20.2 Å². The summed E-state index contributed by atoms with van der Waals surface area (Å²) in [4.78, 5) is 23.3. The van der Waals surface area contributed by atoms with Gasteiger partial charge in [0.1, 0.15) is 23.9 Å². The van der Waals surface area contributed by atoms with Crippen LogP contribution in [-0.2, 0) is 9.59 Å². The minimum absolute atomic E-state index is 0.115. The summed E-state index contributed by atoms with van der Waals surface area (Å²) in [5.41, 5.74) is 0. The van der Waals surface area contributed by atoms with Crippen molar-refractivity contribution in [2.45, 2.75) is 0 Å². The average Bonchev–Trinajstić information content (AvgIpc) is 2.69. The molecule has 0 saturated heterocycles. The van der Waals surface area contributed by atoms with Gasteiger partial charge in [-0.1, -0.05) is 24.3 Å². The Bertz CT molecular complexity index is 706. The summed E-state index contributed by atoms with van der Waals surface area (Å²) in [6, 6.07) is 16.2. The van der Waals surface area contributed by atoms with Crippen molar-refractivity contribution in [2.75, 3.05) is 33.4 Å². The molecule has 0 bridgehead atoms. The van der Waals surface area contributed by atoms with Crippen LogP contribution >= 0.6 is 0 Å². The number of carbonyl (C=O) groups excluding carboxylic acids is 2. The summed E-state index contributed by atoms with van der Waals surface area (Å²) in [5.74, 6) is 1.29. The number of hydrogen-bond acceptors (Lipinski definition) is 5. The fourth-order valence-corrected chi connectivity index (χ4v) is 2.01. The van der Waals surface area contributed by atoms with Crippen LogP contribution in [0.3, 0.4) is 0 Å². The normalized spacial score (nSPS) is 9.88. The first kappa shape index (κ1) is 19.1. The maximum absolute atomic E-state index is 11.7. The number of benzene rings is 2. The highest BCUT2D eigenvalue weighted by molar-refractivity contribution is 5.85. The number of ether oxygens (including phenoxy) is 3. The highest BCUT2D eigenvalue weighted by Gasteiger charge is 2.06. The summed E-state index contributed by atoms with van der Waals surface area (Å²) in [5, 5.41) is 5.15. The smallest absolute Gasteiger partial charge is 0.258 e. The van der Waals surface area contributed by atoms with E-state index in [-0.39, 0.29) is 25.0 Å². The van der Waals surface area contributed by atoms with Crippen molar-refractivity contribution in [3.63, 3.8) is 0 Å². The van der Waals surface area contributed by atoms with E-state index < -0.39 is 0 Å². The summed E-state index contributed by atoms with van der Waals surface area (Å²) >= 11 is 0. The lowest BCUT2D eigenvalue weighted by Crippen LogP contribution is -2.40. The molecule has 0 aromatic heterocycles. The Morgan fingerprint density at radius 3 is 2.35 bits per heavy atom. The Labute approximate surface area is 152 Å². The van der Waals surface area contributed by atoms with E-state index in [2.05, 4.69) is 10.6 Å². The topological polar surface area (TPSA) is 85.9 Å². The van der Waals surface area contributed by atoms with Crippen LogP contribution in [0.4, 0.5) is 0 Å². The fourth-order valence-electron chi connectivity index (χ4n) is 2.01. The van der Waals surface area contributed by atoms with Gasteiger partial charge in [0, 0.05) is 6.07 Å². The molecule has 0 radical (unpaired) electrons. The zero-order chi connectivity index (χ0) is 18.6. The van der Waals surface area contributed by atoms with E-state index in [1.807, 2.05) is 30.3 Å². The predicted molar refractivity (Wildman–Crippen MR) is 96.4 cm³/mol. The Hall–Kier alpha value is -3.22. The molecule has 0 unspecified atom stereocenters. The van der Waals surface area contributed by atoms with Gasteiger partial charge in [-0.15, -0.1) is 0 Å². The first-order valence-electron chi connectivity index (χ1n) is 8.15. The molecular weight excluding hydrogens is 336 g/mol. The van der Waals surface area contributed by atoms with Gasteiger partial charge in [-0.3, -0.25) is 9.59 Å². The van der Waals surface area contributed by atoms with Crippen molar-refractivity contribution in [1.82, 2.24) is 10.6 Å². The molecule has 7 heteroatoms. The predicted octanol–water partition coefficient (Wildman–Crippen LogP) is 1.39. The lowest BCUT2D eigenvalue weighted by atomic mass is 10.3. The molecule has 0 heterocycles. The van der Waals surface area contributed by atoms with Gasteiger partial charge in [0.2, 0.25) is 5.91 Å². The molecule has 2 N–H and O–H groups in total. The number of rotatable bonds is 10. The quantitative estimate of drug-likeness (QED) is 0.627. The lowest BCUT2D eigenvalue weighted by Gasteiger charge is -2.10. The Kier molecular flexibility index (Phi) is 7.79. The molecule has 0 aliphatic carbocycles. The minimum Gasteiger partial charge on any atom is -0.497 e. The lowest BCUT2D eigenvalue weighted by molar-refractivity contribution is -0.127. The highest BCUT2D eigenvalue weighted by atomic mass is 16.5. The van der Waals surface area contributed by atoms with Crippen LogP contribution < -0.4 is 24.8 Å². The van der Waals surface area contributed by atoms with Gasteiger partial charge < -0.3 is 24.8 Å².